The first-order valence-corrected chi connectivity index (χ1v) is 7.72. The number of cyclic esters (lactones) is 1. The second-order valence-corrected chi connectivity index (χ2v) is 5.62. The van der Waals surface area contributed by atoms with Gasteiger partial charge in [-0.25, -0.2) is 18.0 Å². The van der Waals surface area contributed by atoms with Crippen LogP contribution in [0.3, 0.4) is 0 Å². The zero-order chi connectivity index (χ0) is 19.6. The van der Waals surface area contributed by atoms with Crippen LogP contribution in [-0.4, -0.2) is 17.9 Å². The predicted molar refractivity (Wildman–Crippen MR) is 86.0 cm³/mol. The van der Waals surface area contributed by atoms with Crippen LogP contribution < -0.4 is 0 Å². The van der Waals surface area contributed by atoms with E-state index in [1.54, 1.807) is 24.3 Å². The third-order valence-corrected chi connectivity index (χ3v) is 3.76. The fraction of sp³-hybridized carbons (Fsp3) is 0.105. The van der Waals surface area contributed by atoms with Gasteiger partial charge in [-0.15, -0.1) is 0 Å². The summed E-state index contributed by atoms with van der Waals surface area (Å²) in [5.74, 6) is -7.03. The Kier molecular flexibility index (Phi) is 5.07. The van der Waals surface area contributed by atoms with Gasteiger partial charge in [-0.2, -0.15) is 0 Å². The SMILES string of the molecule is O=C(C=Cc1cc(F)cc(F)c1F)OC(=O)CC1=C2C=CC=CC2C(=O)O1. The molecule has 0 spiro atoms. The molecule has 0 saturated carbocycles. The van der Waals surface area contributed by atoms with E-state index in [1.807, 2.05) is 0 Å². The highest BCUT2D eigenvalue weighted by Gasteiger charge is 2.34. The molecule has 8 heteroatoms. The Labute approximate surface area is 151 Å². The number of fused-ring (bicyclic) bond motifs is 1. The summed E-state index contributed by atoms with van der Waals surface area (Å²) in [6.07, 6.45) is 7.52. The number of rotatable bonds is 4. The summed E-state index contributed by atoms with van der Waals surface area (Å²) in [5, 5.41) is 0. The molecule has 3 rings (SSSR count). The molecule has 0 N–H and O–H groups in total. The number of halogens is 3. The molecule has 0 fully saturated rings. The highest BCUT2D eigenvalue weighted by atomic mass is 19.2. The Morgan fingerprint density at radius 2 is 1.96 bits per heavy atom. The Hall–Kier alpha value is -3.42. The quantitative estimate of drug-likeness (QED) is 0.350. The number of hydrogen-bond acceptors (Lipinski definition) is 5. The van der Waals surface area contributed by atoms with Crippen molar-refractivity contribution in [3.05, 3.63) is 76.9 Å². The van der Waals surface area contributed by atoms with Crippen LogP contribution in [0.5, 0.6) is 0 Å². The number of benzene rings is 1. The molecule has 27 heavy (non-hydrogen) atoms. The van der Waals surface area contributed by atoms with E-state index in [2.05, 4.69) is 4.74 Å². The summed E-state index contributed by atoms with van der Waals surface area (Å²) in [4.78, 5) is 35.2. The minimum absolute atomic E-state index is 0.0747. The average Bonchev–Trinajstić information content (AvgIpc) is 2.93. The van der Waals surface area contributed by atoms with Crippen molar-refractivity contribution in [2.75, 3.05) is 0 Å². The van der Waals surface area contributed by atoms with Crippen molar-refractivity contribution in [1.29, 1.82) is 0 Å². The van der Waals surface area contributed by atoms with Crippen molar-refractivity contribution in [1.82, 2.24) is 0 Å². The normalized spacial score (nSPS) is 18.0. The van der Waals surface area contributed by atoms with Crippen LogP contribution in [0.15, 0.2) is 53.8 Å². The third kappa shape index (κ3) is 4.05. The van der Waals surface area contributed by atoms with Crippen molar-refractivity contribution < 1.29 is 37.0 Å². The van der Waals surface area contributed by atoms with Crippen LogP contribution in [0.25, 0.3) is 6.08 Å². The number of allylic oxidation sites excluding steroid dienone is 3. The maximum absolute atomic E-state index is 13.5. The first-order valence-electron chi connectivity index (χ1n) is 7.72. The Morgan fingerprint density at radius 1 is 1.19 bits per heavy atom. The molecular weight excluding hydrogens is 365 g/mol. The minimum Gasteiger partial charge on any atom is -0.429 e. The summed E-state index contributed by atoms with van der Waals surface area (Å²) in [6, 6.07) is 1.03. The van der Waals surface area contributed by atoms with Crippen molar-refractivity contribution >= 4 is 24.0 Å². The molecule has 1 heterocycles. The zero-order valence-electron chi connectivity index (χ0n) is 13.6. The van der Waals surface area contributed by atoms with Crippen molar-refractivity contribution in [3.8, 4) is 0 Å². The van der Waals surface area contributed by atoms with Crippen molar-refractivity contribution in [2.45, 2.75) is 6.42 Å². The van der Waals surface area contributed by atoms with Crippen LogP contribution in [-0.2, 0) is 23.9 Å². The van der Waals surface area contributed by atoms with E-state index < -0.39 is 53.3 Å². The number of esters is 3. The highest BCUT2D eigenvalue weighted by molar-refractivity contribution is 5.96. The van der Waals surface area contributed by atoms with Gasteiger partial charge in [0.05, 0.1) is 0 Å². The molecule has 1 aromatic carbocycles. The average molecular weight is 376 g/mol. The largest absolute Gasteiger partial charge is 0.429 e. The van der Waals surface area contributed by atoms with Crippen molar-refractivity contribution in [2.24, 2.45) is 5.92 Å². The molecule has 1 aromatic rings. The molecule has 5 nitrogen and oxygen atoms in total. The molecule has 1 aliphatic heterocycles. The summed E-state index contributed by atoms with van der Waals surface area (Å²) < 4.78 is 49.2. The molecule has 0 amide bonds. The second kappa shape index (κ2) is 7.45. The van der Waals surface area contributed by atoms with Crippen molar-refractivity contribution in [3.63, 3.8) is 0 Å². The van der Waals surface area contributed by atoms with E-state index in [9.17, 15) is 27.6 Å². The van der Waals surface area contributed by atoms with Gasteiger partial charge in [0.2, 0.25) is 0 Å². The van der Waals surface area contributed by atoms with Crippen LogP contribution in [0.4, 0.5) is 13.2 Å². The molecular formula is C19H11F3O5. The maximum atomic E-state index is 13.5. The topological polar surface area (TPSA) is 69.7 Å². The summed E-state index contributed by atoms with van der Waals surface area (Å²) in [6.45, 7) is 0. The highest BCUT2D eigenvalue weighted by Crippen LogP contribution is 2.33. The molecule has 0 aromatic heterocycles. The Bertz CT molecular complexity index is 956. The molecule has 2 aliphatic rings. The molecule has 138 valence electrons. The van der Waals surface area contributed by atoms with E-state index in [1.165, 1.54) is 0 Å². The van der Waals surface area contributed by atoms with Gasteiger partial charge < -0.3 is 9.47 Å². The summed E-state index contributed by atoms with van der Waals surface area (Å²) in [7, 11) is 0. The maximum Gasteiger partial charge on any atom is 0.338 e. The summed E-state index contributed by atoms with van der Waals surface area (Å²) >= 11 is 0. The minimum atomic E-state index is -1.42. The van der Waals surface area contributed by atoms with Gasteiger partial charge in [0, 0.05) is 23.3 Å². The number of carbonyl (C=O) groups excluding carboxylic acids is 3. The fourth-order valence-corrected chi connectivity index (χ4v) is 2.56. The lowest BCUT2D eigenvalue weighted by atomic mass is 9.95. The molecule has 0 radical (unpaired) electrons. The van der Waals surface area contributed by atoms with E-state index in [0.717, 1.165) is 6.08 Å². The second-order valence-electron chi connectivity index (χ2n) is 5.62. The van der Waals surface area contributed by atoms with Crippen LogP contribution in [0.2, 0.25) is 0 Å². The standard InChI is InChI=1S/C19H11F3O5/c20-11-7-10(18(22)14(21)8-11)5-6-16(23)27-17(24)9-15-12-3-1-2-4-13(12)19(25)26-15/h1-8,13H,9H2. The van der Waals surface area contributed by atoms with Gasteiger partial charge in [-0.3, -0.25) is 9.59 Å². The lowest BCUT2D eigenvalue weighted by molar-refractivity contribution is -0.156. The monoisotopic (exact) mass is 376 g/mol. The third-order valence-electron chi connectivity index (χ3n) is 3.76. The number of ether oxygens (including phenoxy) is 2. The number of hydrogen-bond donors (Lipinski definition) is 0. The molecule has 1 aliphatic carbocycles. The fourth-order valence-electron chi connectivity index (χ4n) is 2.56. The lowest BCUT2D eigenvalue weighted by Gasteiger charge is -2.05. The molecule has 0 saturated heterocycles. The molecule has 1 atom stereocenters. The van der Waals surface area contributed by atoms with E-state index in [-0.39, 0.29) is 5.76 Å². The Morgan fingerprint density at radius 3 is 2.74 bits per heavy atom. The number of carbonyl (C=O) groups is 3. The van der Waals surface area contributed by atoms with Crippen LogP contribution >= 0.6 is 0 Å². The van der Waals surface area contributed by atoms with Crippen LogP contribution in [0, 0.1) is 23.4 Å². The van der Waals surface area contributed by atoms with Gasteiger partial charge in [-0.1, -0.05) is 24.3 Å². The molecule has 0 bridgehead atoms. The van der Waals surface area contributed by atoms with Gasteiger partial charge in [0.1, 0.15) is 23.9 Å². The Balaban J connectivity index is 1.63. The first kappa shape index (κ1) is 18.4. The van der Waals surface area contributed by atoms with E-state index >= 15 is 0 Å². The van der Waals surface area contributed by atoms with Crippen LogP contribution in [0.1, 0.15) is 12.0 Å². The predicted octanol–water partition coefficient (Wildman–Crippen LogP) is 3.13. The van der Waals surface area contributed by atoms with E-state index in [0.29, 0.717) is 23.8 Å². The first-order chi connectivity index (χ1) is 12.8. The van der Waals surface area contributed by atoms with Gasteiger partial charge >= 0.3 is 17.9 Å². The zero-order valence-corrected chi connectivity index (χ0v) is 13.6. The lowest BCUT2D eigenvalue weighted by Crippen LogP contribution is -2.11. The van der Waals surface area contributed by atoms with Gasteiger partial charge in [0.25, 0.3) is 0 Å². The van der Waals surface area contributed by atoms with Gasteiger partial charge in [-0.05, 0) is 12.1 Å². The van der Waals surface area contributed by atoms with Gasteiger partial charge in [0.15, 0.2) is 11.6 Å². The molecule has 1 unspecified atom stereocenters. The smallest absolute Gasteiger partial charge is 0.338 e. The van der Waals surface area contributed by atoms with E-state index in [4.69, 9.17) is 4.74 Å². The summed E-state index contributed by atoms with van der Waals surface area (Å²) in [5.41, 5.74) is -0.0201.